The maximum absolute atomic E-state index is 12.2. The Morgan fingerprint density at radius 2 is 2.08 bits per heavy atom. The van der Waals surface area contributed by atoms with Crippen LogP contribution in [0.5, 0.6) is 0 Å². The molecule has 1 aromatic rings. The molecule has 0 radical (unpaired) electrons. The second-order valence-electron chi connectivity index (χ2n) is 5.32. The molecule has 2 aliphatic heterocycles. The number of hydrogen-bond acceptors (Lipinski definition) is 5. The number of rotatable bonds is 3. The number of amidine groups is 1. The average molecular weight is 388 g/mol. The van der Waals surface area contributed by atoms with Gasteiger partial charge in [0.2, 0.25) is 5.91 Å². The summed E-state index contributed by atoms with van der Waals surface area (Å²) in [5.41, 5.74) is 0.541. The molecule has 9 heteroatoms. The third-order valence-corrected chi connectivity index (χ3v) is 5.54. The number of hydrogen-bond donors (Lipinski definition) is 1. The first-order valence-corrected chi connectivity index (χ1v) is 9.03. The number of halogens is 2. The summed E-state index contributed by atoms with van der Waals surface area (Å²) in [4.78, 5) is 30.3. The predicted octanol–water partition coefficient (Wildman–Crippen LogP) is 2.65. The Kier molecular flexibility index (Phi) is 5.65. The molecule has 0 saturated carbocycles. The molecular weight excluding hydrogens is 373 g/mol. The van der Waals surface area contributed by atoms with Crippen LogP contribution >= 0.6 is 35.0 Å². The quantitative estimate of drug-likeness (QED) is 0.862. The van der Waals surface area contributed by atoms with Crippen molar-refractivity contribution in [3.63, 3.8) is 0 Å². The third-order valence-electron chi connectivity index (χ3n) is 3.58. The number of nitrogens with one attached hydrogen (secondary N) is 1. The smallest absolute Gasteiger partial charge is 0.262 e. The molecule has 1 unspecified atom stereocenters. The lowest BCUT2D eigenvalue weighted by Gasteiger charge is -2.27. The molecule has 0 bridgehead atoms. The molecule has 1 N–H and O–H groups in total. The van der Waals surface area contributed by atoms with E-state index in [4.69, 9.17) is 27.9 Å². The molecule has 6 nitrogen and oxygen atoms in total. The summed E-state index contributed by atoms with van der Waals surface area (Å²) >= 11 is 13.1. The number of carbonyl (C=O) groups excluding carboxylic acids is 2. The van der Waals surface area contributed by atoms with E-state index in [1.165, 1.54) is 11.8 Å². The van der Waals surface area contributed by atoms with E-state index in [0.717, 1.165) is 0 Å². The van der Waals surface area contributed by atoms with Gasteiger partial charge in [-0.25, -0.2) is 0 Å². The molecule has 1 aromatic carbocycles. The molecule has 1 fully saturated rings. The number of thioether (sulfide) groups is 1. The highest BCUT2D eigenvalue weighted by atomic mass is 35.5. The molecule has 2 aliphatic rings. The molecule has 1 saturated heterocycles. The number of carbonyl (C=O) groups is 2. The van der Waals surface area contributed by atoms with E-state index < -0.39 is 5.25 Å². The molecule has 0 aromatic heterocycles. The van der Waals surface area contributed by atoms with E-state index in [1.54, 1.807) is 18.2 Å². The van der Waals surface area contributed by atoms with Gasteiger partial charge in [0, 0.05) is 25.2 Å². The number of aliphatic imine (C=N–C) groups is 1. The lowest BCUT2D eigenvalue weighted by Crippen LogP contribution is -2.39. The fraction of sp³-hybridized carbons (Fsp3) is 0.400. The summed E-state index contributed by atoms with van der Waals surface area (Å²) < 4.78 is 5.29. The first kappa shape index (κ1) is 17.5. The number of nitrogens with zero attached hydrogens (tertiary/aromatic N) is 2. The lowest BCUT2D eigenvalue weighted by atomic mass is 10.2. The highest BCUT2D eigenvalue weighted by Gasteiger charge is 2.33. The summed E-state index contributed by atoms with van der Waals surface area (Å²) in [5, 5.41) is 3.68. The first-order chi connectivity index (χ1) is 11.5. The van der Waals surface area contributed by atoms with Gasteiger partial charge in [0.15, 0.2) is 5.17 Å². The maximum Gasteiger partial charge on any atom is 0.262 e. The Hall–Kier alpha value is -1.28. The number of benzene rings is 1. The van der Waals surface area contributed by atoms with Crippen LogP contribution < -0.4 is 5.32 Å². The van der Waals surface area contributed by atoms with Crippen LogP contribution in [0.25, 0.3) is 0 Å². The van der Waals surface area contributed by atoms with Gasteiger partial charge in [-0.3, -0.25) is 9.59 Å². The van der Waals surface area contributed by atoms with E-state index in [9.17, 15) is 9.59 Å². The van der Waals surface area contributed by atoms with Crippen LogP contribution in [0, 0.1) is 0 Å². The van der Waals surface area contributed by atoms with E-state index >= 15 is 0 Å². The van der Waals surface area contributed by atoms with Gasteiger partial charge in [0.05, 0.1) is 23.3 Å². The zero-order valence-electron chi connectivity index (χ0n) is 12.6. The van der Waals surface area contributed by atoms with Crippen molar-refractivity contribution in [3.05, 3.63) is 28.2 Å². The van der Waals surface area contributed by atoms with Crippen LogP contribution in [0.3, 0.4) is 0 Å². The summed E-state index contributed by atoms with van der Waals surface area (Å²) in [6.45, 7) is 2.66. The maximum atomic E-state index is 12.2. The molecule has 2 heterocycles. The van der Waals surface area contributed by atoms with Crippen molar-refractivity contribution in [1.82, 2.24) is 4.90 Å². The largest absolute Gasteiger partial charge is 0.378 e. The van der Waals surface area contributed by atoms with Gasteiger partial charge in [-0.15, -0.1) is 0 Å². The van der Waals surface area contributed by atoms with Gasteiger partial charge in [-0.1, -0.05) is 35.0 Å². The van der Waals surface area contributed by atoms with Crippen molar-refractivity contribution in [1.29, 1.82) is 0 Å². The molecule has 0 spiro atoms. The summed E-state index contributed by atoms with van der Waals surface area (Å²) in [6, 6.07) is 4.83. The Labute approximate surface area is 153 Å². The predicted molar refractivity (Wildman–Crippen MR) is 95.9 cm³/mol. The Bertz CT molecular complexity index is 693. The van der Waals surface area contributed by atoms with E-state index in [-0.39, 0.29) is 18.2 Å². The van der Waals surface area contributed by atoms with Crippen LogP contribution in [-0.2, 0) is 14.3 Å². The highest BCUT2D eigenvalue weighted by molar-refractivity contribution is 8.15. The van der Waals surface area contributed by atoms with Crippen molar-refractivity contribution in [3.8, 4) is 0 Å². The minimum absolute atomic E-state index is 0.0566. The third kappa shape index (κ3) is 4.22. The Balaban J connectivity index is 1.55. The zero-order valence-corrected chi connectivity index (χ0v) is 15.0. The fourth-order valence-corrected chi connectivity index (χ4v) is 3.77. The number of amides is 2. The van der Waals surface area contributed by atoms with Gasteiger partial charge in [0.25, 0.3) is 5.91 Å². The SMILES string of the molecule is O=C(CC1SC(N2CCOCC2)=NC1=O)Nc1ccc(Cl)c(Cl)c1. The highest BCUT2D eigenvalue weighted by Crippen LogP contribution is 2.29. The van der Waals surface area contributed by atoms with Crippen LogP contribution in [0.2, 0.25) is 10.0 Å². The van der Waals surface area contributed by atoms with Gasteiger partial charge in [-0.05, 0) is 18.2 Å². The molecule has 128 valence electrons. The second kappa shape index (κ2) is 7.74. The number of anilines is 1. The molecule has 2 amide bonds. The van der Waals surface area contributed by atoms with Gasteiger partial charge in [0.1, 0.15) is 5.25 Å². The van der Waals surface area contributed by atoms with Crippen molar-refractivity contribution in [2.45, 2.75) is 11.7 Å². The molecular formula is C15H15Cl2N3O3S. The van der Waals surface area contributed by atoms with Crippen molar-refractivity contribution < 1.29 is 14.3 Å². The Morgan fingerprint density at radius 3 is 2.79 bits per heavy atom. The minimum Gasteiger partial charge on any atom is -0.378 e. The van der Waals surface area contributed by atoms with Crippen LogP contribution in [0.1, 0.15) is 6.42 Å². The van der Waals surface area contributed by atoms with Crippen LogP contribution in [0.4, 0.5) is 5.69 Å². The summed E-state index contributed by atoms with van der Waals surface area (Å²) in [6.07, 6.45) is 0.0566. The van der Waals surface area contributed by atoms with Gasteiger partial charge < -0.3 is 15.0 Å². The first-order valence-electron chi connectivity index (χ1n) is 7.40. The van der Waals surface area contributed by atoms with Crippen molar-refractivity contribution in [2.75, 3.05) is 31.6 Å². The zero-order chi connectivity index (χ0) is 17.1. The molecule has 1 atom stereocenters. The molecule has 3 rings (SSSR count). The molecule has 24 heavy (non-hydrogen) atoms. The van der Waals surface area contributed by atoms with Crippen LogP contribution in [0.15, 0.2) is 23.2 Å². The minimum atomic E-state index is -0.495. The average Bonchev–Trinajstić information content (AvgIpc) is 2.93. The second-order valence-corrected chi connectivity index (χ2v) is 7.30. The van der Waals surface area contributed by atoms with Gasteiger partial charge in [-0.2, -0.15) is 4.99 Å². The lowest BCUT2D eigenvalue weighted by molar-refractivity contribution is -0.121. The normalized spacial score (nSPS) is 20.9. The summed E-state index contributed by atoms with van der Waals surface area (Å²) in [5.74, 6) is -0.538. The monoisotopic (exact) mass is 387 g/mol. The van der Waals surface area contributed by atoms with Crippen molar-refractivity contribution >= 4 is 57.6 Å². The van der Waals surface area contributed by atoms with E-state index in [1.807, 2.05) is 4.90 Å². The number of ether oxygens (including phenoxy) is 1. The topological polar surface area (TPSA) is 71.0 Å². The van der Waals surface area contributed by atoms with E-state index in [0.29, 0.717) is 47.2 Å². The Morgan fingerprint density at radius 1 is 1.33 bits per heavy atom. The number of morpholine rings is 1. The standard InChI is InChI=1S/C15H15Cl2N3O3S/c16-10-2-1-9(7-11(10)17)18-13(21)8-12-14(22)19-15(24-12)20-3-5-23-6-4-20/h1-2,7,12H,3-6,8H2,(H,18,21). The van der Waals surface area contributed by atoms with Crippen LogP contribution in [-0.4, -0.2) is 53.4 Å². The molecule has 0 aliphatic carbocycles. The fourth-order valence-electron chi connectivity index (χ4n) is 2.35. The van der Waals surface area contributed by atoms with E-state index in [2.05, 4.69) is 10.3 Å². The summed E-state index contributed by atoms with van der Waals surface area (Å²) in [7, 11) is 0. The van der Waals surface area contributed by atoms with Crippen molar-refractivity contribution in [2.24, 2.45) is 4.99 Å². The van der Waals surface area contributed by atoms with Gasteiger partial charge >= 0.3 is 0 Å².